The minimum atomic E-state index is 0.218. The zero-order valence-electron chi connectivity index (χ0n) is 12.6. The van der Waals surface area contributed by atoms with Gasteiger partial charge in [0.05, 0.1) is 0 Å². The van der Waals surface area contributed by atoms with Gasteiger partial charge in [0, 0.05) is 32.0 Å². The summed E-state index contributed by atoms with van der Waals surface area (Å²) in [6.07, 6.45) is 2.17. The molecule has 1 saturated heterocycles. The van der Waals surface area contributed by atoms with Crippen molar-refractivity contribution in [3.05, 3.63) is 11.7 Å². The van der Waals surface area contributed by atoms with Gasteiger partial charge in [-0.15, -0.1) is 0 Å². The Morgan fingerprint density at radius 3 is 2.84 bits per heavy atom. The predicted molar refractivity (Wildman–Crippen MR) is 75.0 cm³/mol. The van der Waals surface area contributed by atoms with Crippen molar-refractivity contribution >= 4 is 0 Å². The fourth-order valence-electron chi connectivity index (χ4n) is 2.43. The lowest BCUT2D eigenvalue weighted by molar-refractivity contribution is 0.310. The van der Waals surface area contributed by atoms with E-state index < -0.39 is 0 Å². The van der Waals surface area contributed by atoms with E-state index in [0.717, 1.165) is 31.3 Å². The van der Waals surface area contributed by atoms with Gasteiger partial charge in [-0.05, 0) is 46.2 Å². The van der Waals surface area contributed by atoms with Crippen molar-refractivity contribution in [3.63, 3.8) is 0 Å². The van der Waals surface area contributed by atoms with E-state index in [1.54, 1.807) is 0 Å². The number of hydrogen-bond acceptors (Lipinski definition) is 5. The Hall–Kier alpha value is -0.940. The molecule has 0 aromatic carbocycles. The van der Waals surface area contributed by atoms with Gasteiger partial charge < -0.3 is 14.7 Å². The van der Waals surface area contributed by atoms with Gasteiger partial charge in [-0.3, -0.25) is 0 Å². The molecular formula is C14H26N4O. The summed E-state index contributed by atoms with van der Waals surface area (Å²) in [7, 11) is 0. The molecule has 1 N–H and O–H groups in total. The average molecular weight is 266 g/mol. The molecule has 2 rings (SSSR count). The minimum absolute atomic E-state index is 0.218. The Balaban J connectivity index is 1.67. The largest absolute Gasteiger partial charge is 0.340 e. The van der Waals surface area contributed by atoms with Crippen molar-refractivity contribution in [2.24, 2.45) is 5.92 Å². The van der Waals surface area contributed by atoms with Crippen LogP contribution in [-0.2, 0) is 6.42 Å². The lowest BCUT2D eigenvalue weighted by Crippen LogP contribution is -2.39. The summed E-state index contributed by atoms with van der Waals surface area (Å²) in [5, 5.41) is 7.53. The normalized spacial score (nSPS) is 21.2. The fourth-order valence-corrected chi connectivity index (χ4v) is 2.43. The lowest BCUT2D eigenvalue weighted by atomic mass is 10.1. The van der Waals surface area contributed by atoms with E-state index in [9.17, 15) is 0 Å². The van der Waals surface area contributed by atoms with Crippen LogP contribution < -0.4 is 5.32 Å². The summed E-state index contributed by atoms with van der Waals surface area (Å²) in [6, 6.07) is 0. The summed E-state index contributed by atoms with van der Waals surface area (Å²) in [6.45, 7) is 13.0. The van der Waals surface area contributed by atoms with E-state index in [1.807, 2.05) is 6.92 Å². The molecule has 0 aliphatic carbocycles. The minimum Gasteiger partial charge on any atom is -0.340 e. The Labute approximate surface area is 115 Å². The molecule has 1 aliphatic heterocycles. The van der Waals surface area contributed by atoms with Crippen molar-refractivity contribution in [1.82, 2.24) is 20.4 Å². The Morgan fingerprint density at radius 1 is 1.42 bits per heavy atom. The van der Waals surface area contributed by atoms with Crippen LogP contribution >= 0.6 is 0 Å². The fraction of sp³-hybridized carbons (Fsp3) is 0.857. The van der Waals surface area contributed by atoms with E-state index in [0.29, 0.717) is 5.89 Å². The molecule has 1 fully saturated rings. The monoisotopic (exact) mass is 266 g/mol. The molecule has 19 heavy (non-hydrogen) atoms. The van der Waals surface area contributed by atoms with Gasteiger partial charge >= 0.3 is 0 Å². The standard InChI is InChI=1S/C14H26N4O/c1-11-16-13(17-19-11)6-8-18-7-5-12(10-18)9-15-14(2,3)4/h12,15H,5-10H2,1-4H3. The third kappa shape index (κ3) is 4.91. The van der Waals surface area contributed by atoms with E-state index in [1.165, 1.54) is 19.5 Å². The average Bonchev–Trinajstić information content (AvgIpc) is 2.92. The predicted octanol–water partition coefficient (Wildman–Crippen LogP) is 1.63. The first-order chi connectivity index (χ1) is 8.92. The topological polar surface area (TPSA) is 54.2 Å². The van der Waals surface area contributed by atoms with E-state index in [2.05, 4.69) is 41.1 Å². The number of nitrogens with one attached hydrogen (secondary N) is 1. The summed E-state index contributed by atoms with van der Waals surface area (Å²) in [5.74, 6) is 2.25. The van der Waals surface area contributed by atoms with Crippen LogP contribution in [0.15, 0.2) is 4.52 Å². The SMILES string of the molecule is Cc1nc(CCN2CCC(CNC(C)(C)C)C2)no1. The zero-order chi connectivity index (χ0) is 13.9. The molecule has 0 bridgehead atoms. The highest BCUT2D eigenvalue weighted by Gasteiger charge is 2.23. The summed E-state index contributed by atoms with van der Waals surface area (Å²) in [5.41, 5.74) is 0.218. The van der Waals surface area contributed by atoms with Crippen LogP contribution in [0.2, 0.25) is 0 Å². The summed E-state index contributed by atoms with van der Waals surface area (Å²) in [4.78, 5) is 6.74. The highest BCUT2D eigenvalue weighted by atomic mass is 16.5. The molecular weight excluding hydrogens is 240 g/mol. The van der Waals surface area contributed by atoms with Crippen molar-refractivity contribution in [1.29, 1.82) is 0 Å². The van der Waals surface area contributed by atoms with Crippen molar-refractivity contribution in [2.45, 2.75) is 46.1 Å². The number of aryl methyl sites for hydroxylation is 1. The van der Waals surface area contributed by atoms with E-state index >= 15 is 0 Å². The molecule has 1 aromatic rings. The van der Waals surface area contributed by atoms with Crippen LogP contribution in [-0.4, -0.2) is 46.8 Å². The molecule has 1 unspecified atom stereocenters. The molecule has 1 aliphatic rings. The van der Waals surface area contributed by atoms with Gasteiger partial charge in [0.25, 0.3) is 0 Å². The molecule has 0 amide bonds. The van der Waals surface area contributed by atoms with Crippen molar-refractivity contribution in [2.75, 3.05) is 26.2 Å². The summed E-state index contributed by atoms with van der Waals surface area (Å²) < 4.78 is 4.99. The number of hydrogen-bond donors (Lipinski definition) is 1. The number of likely N-dealkylation sites (tertiary alicyclic amines) is 1. The van der Waals surface area contributed by atoms with Gasteiger partial charge in [-0.2, -0.15) is 4.98 Å². The maximum atomic E-state index is 4.99. The van der Waals surface area contributed by atoms with E-state index in [4.69, 9.17) is 4.52 Å². The molecule has 0 saturated carbocycles. The summed E-state index contributed by atoms with van der Waals surface area (Å²) >= 11 is 0. The molecule has 1 aromatic heterocycles. The van der Waals surface area contributed by atoms with Crippen LogP contribution in [0.4, 0.5) is 0 Å². The van der Waals surface area contributed by atoms with Crippen molar-refractivity contribution in [3.8, 4) is 0 Å². The highest BCUT2D eigenvalue weighted by Crippen LogP contribution is 2.16. The first-order valence-electron chi connectivity index (χ1n) is 7.19. The zero-order valence-corrected chi connectivity index (χ0v) is 12.6. The smallest absolute Gasteiger partial charge is 0.223 e. The number of rotatable bonds is 5. The first-order valence-corrected chi connectivity index (χ1v) is 7.19. The quantitative estimate of drug-likeness (QED) is 0.878. The maximum absolute atomic E-state index is 4.99. The van der Waals surface area contributed by atoms with Gasteiger partial charge in [-0.1, -0.05) is 5.16 Å². The Kier molecular flexibility index (Phi) is 4.58. The third-order valence-corrected chi connectivity index (χ3v) is 3.51. The molecule has 5 nitrogen and oxygen atoms in total. The molecule has 0 spiro atoms. The van der Waals surface area contributed by atoms with Crippen LogP contribution in [0.5, 0.6) is 0 Å². The van der Waals surface area contributed by atoms with Crippen LogP contribution in [0.25, 0.3) is 0 Å². The maximum Gasteiger partial charge on any atom is 0.223 e. The first kappa shape index (κ1) is 14.5. The van der Waals surface area contributed by atoms with Crippen LogP contribution in [0.1, 0.15) is 38.9 Å². The Morgan fingerprint density at radius 2 is 2.21 bits per heavy atom. The van der Waals surface area contributed by atoms with E-state index in [-0.39, 0.29) is 5.54 Å². The van der Waals surface area contributed by atoms with Crippen LogP contribution in [0, 0.1) is 12.8 Å². The van der Waals surface area contributed by atoms with Gasteiger partial charge in [0.15, 0.2) is 5.82 Å². The van der Waals surface area contributed by atoms with Gasteiger partial charge in [0.1, 0.15) is 0 Å². The second kappa shape index (κ2) is 6.01. The second-order valence-corrected chi connectivity index (χ2v) is 6.57. The molecule has 0 radical (unpaired) electrons. The van der Waals surface area contributed by atoms with Crippen molar-refractivity contribution < 1.29 is 4.52 Å². The van der Waals surface area contributed by atoms with Crippen LogP contribution in [0.3, 0.4) is 0 Å². The number of aromatic nitrogens is 2. The molecule has 108 valence electrons. The van der Waals surface area contributed by atoms with Gasteiger partial charge in [0.2, 0.25) is 5.89 Å². The Bertz CT molecular complexity index is 396. The molecule has 2 heterocycles. The highest BCUT2D eigenvalue weighted by molar-refractivity contribution is 4.87. The molecule has 1 atom stereocenters. The second-order valence-electron chi connectivity index (χ2n) is 6.57. The van der Waals surface area contributed by atoms with Gasteiger partial charge in [-0.25, -0.2) is 0 Å². The molecule has 5 heteroatoms. The number of nitrogens with zero attached hydrogens (tertiary/aromatic N) is 3. The lowest BCUT2D eigenvalue weighted by Gasteiger charge is -2.23. The third-order valence-electron chi connectivity index (χ3n) is 3.51.